The molecule has 2 unspecified atom stereocenters. The first-order chi connectivity index (χ1) is 9.74. The summed E-state index contributed by atoms with van der Waals surface area (Å²) in [5, 5.41) is 5.22. The Morgan fingerprint density at radius 3 is 3.00 bits per heavy atom. The summed E-state index contributed by atoms with van der Waals surface area (Å²) in [6.07, 6.45) is 5.49. The Morgan fingerprint density at radius 2 is 2.15 bits per heavy atom. The highest BCUT2D eigenvalue weighted by atomic mass is 35.5. The van der Waals surface area contributed by atoms with E-state index >= 15 is 0 Å². The van der Waals surface area contributed by atoms with Crippen LogP contribution in [0.5, 0.6) is 0 Å². The third-order valence-electron chi connectivity index (χ3n) is 4.43. The van der Waals surface area contributed by atoms with Crippen LogP contribution in [0.1, 0.15) is 38.2 Å². The molecule has 0 bridgehead atoms. The number of benzene rings is 1. The summed E-state index contributed by atoms with van der Waals surface area (Å²) in [6.45, 7) is 4.24. The van der Waals surface area contributed by atoms with E-state index in [4.69, 9.17) is 16.0 Å². The van der Waals surface area contributed by atoms with Crippen molar-refractivity contribution in [3.63, 3.8) is 0 Å². The average Bonchev–Trinajstić information content (AvgIpc) is 2.75. The van der Waals surface area contributed by atoms with Crippen LogP contribution >= 0.6 is 11.6 Å². The van der Waals surface area contributed by atoms with Crippen LogP contribution in [0.3, 0.4) is 0 Å². The zero-order chi connectivity index (χ0) is 13.9. The van der Waals surface area contributed by atoms with Gasteiger partial charge in [-0.2, -0.15) is 0 Å². The fourth-order valence-corrected chi connectivity index (χ4v) is 3.63. The molecular formula is C17H22ClNO. The second-order valence-electron chi connectivity index (χ2n) is 6.12. The molecule has 1 heterocycles. The minimum atomic E-state index is 0.524. The minimum absolute atomic E-state index is 0.524. The van der Waals surface area contributed by atoms with E-state index in [0.29, 0.717) is 5.22 Å². The molecule has 0 radical (unpaired) electrons. The van der Waals surface area contributed by atoms with Crippen molar-refractivity contribution in [3.8, 4) is 0 Å². The van der Waals surface area contributed by atoms with Gasteiger partial charge in [-0.25, -0.2) is 0 Å². The zero-order valence-electron chi connectivity index (χ0n) is 12.0. The molecule has 0 spiro atoms. The average molecular weight is 292 g/mol. The summed E-state index contributed by atoms with van der Waals surface area (Å²) in [5.41, 5.74) is 1.96. The van der Waals surface area contributed by atoms with Crippen molar-refractivity contribution >= 4 is 22.6 Å². The molecular weight excluding hydrogens is 270 g/mol. The Labute approximate surface area is 125 Å². The van der Waals surface area contributed by atoms with Crippen LogP contribution in [0.4, 0.5) is 0 Å². The van der Waals surface area contributed by atoms with Crippen LogP contribution < -0.4 is 5.32 Å². The van der Waals surface area contributed by atoms with Gasteiger partial charge in [0.05, 0.1) is 0 Å². The summed E-state index contributed by atoms with van der Waals surface area (Å²) in [4.78, 5) is 0. The number of hydrogen-bond donors (Lipinski definition) is 1. The van der Waals surface area contributed by atoms with Crippen LogP contribution in [-0.4, -0.2) is 6.54 Å². The number of para-hydroxylation sites is 1. The van der Waals surface area contributed by atoms with E-state index in [9.17, 15) is 0 Å². The van der Waals surface area contributed by atoms with Gasteiger partial charge < -0.3 is 9.73 Å². The topological polar surface area (TPSA) is 25.2 Å². The molecule has 1 aromatic heterocycles. The Morgan fingerprint density at radius 1 is 1.30 bits per heavy atom. The third kappa shape index (κ3) is 3.02. The van der Waals surface area contributed by atoms with Gasteiger partial charge in [-0.3, -0.25) is 0 Å². The molecule has 3 heteroatoms. The van der Waals surface area contributed by atoms with Crippen LogP contribution in [-0.2, 0) is 6.54 Å². The zero-order valence-corrected chi connectivity index (χ0v) is 12.7. The number of hydrogen-bond acceptors (Lipinski definition) is 2. The van der Waals surface area contributed by atoms with E-state index in [1.165, 1.54) is 25.7 Å². The smallest absolute Gasteiger partial charge is 0.199 e. The lowest BCUT2D eigenvalue weighted by atomic mass is 9.82. The molecule has 1 aliphatic carbocycles. The third-order valence-corrected chi connectivity index (χ3v) is 4.73. The lowest BCUT2D eigenvalue weighted by molar-refractivity contribution is 0.274. The number of halogens is 1. The second-order valence-corrected chi connectivity index (χ2v) is 6.46. The van der Waals surface area contributed by atoms with E-state index in [1.807, 2.05) is 18.2 Å². The fourth-order valence-electron chi connectivity index (χ4n) is 3.38. The van der Waals surface area contributed by atoms with Crippen LogP contribution in [0.2, 0.25) is 5.22 Å². The fraction of sp³-hybridized carbons (Fsp3) is 0.529. The predicted molar refractivity (Wildman–Crippen MR) is 84.1 cm³/mol. The highest BCUT2D eigenvalue weighted by Crippen LogP contribution is 2.30. The molecule has 1 fully saturated rings. The molecule has 1 N–H and O–H groups in total. The number of furan rings is 1. The molecule has 0 amide bonds. The van der Waals surface area contributed by atoms with Gasteiger partial charge in [0.2, 0.25) is 0 Å². The quantitative estimate of drug-likeness (QED) is 0.857. The van der Waals surface area contributed by atoms with E-state index in [2.05, 4.69) is 18.3 Å². The molecule has 20 heavy (non-hydrogen) atoms. The molecule has 2 atom stereocenters. The first kappa shape index (κ1) is 14.0. The molecule has 1 aromatic carbocycles. The van der Waals surface area contributed by atoms with Crippen molar-refractivity contribution in [2.45, 2.75) is 39.2 Å². The van der Waals surface area contributed by atoms with Crippen LogP contribution in [0.25, 0.3) is 11.0 Å². The molecule has 3 rings (SSSR count). The standard InChI is InChI=1S/C17H22ClNO/c1-12-5-4-6-13(9-12)10-19-11-15-14-7-2-3-8-16(14)20-17(15)18/h2-3,7-8,12-13,19H,4-6,9-11H2,1H3. The van der Waals surface area contributed by atoms with Crippen molar-refractivity contribution in [2.75, 3.05) is 6.54 Å². The van der Waals surface area contributed by atoms with Gasteiger partial charge in [0, 0.05) is 17.5 Å². The molecule has 0 saturated heterocycles. The maximum atomic E-state index is 6.21. The molecule has 1 saturated carbocycles. The van der Waals surface area contributed by atoms with E-state index in [-0.39, 0.29) is 0 Å². The Bertz CT molecular complexity index is 577. The monoisotopic (exact) mass is 291 g/mol. The van der Waals surface area contributed by atoms with Gasteiger partial charge in [0.1, 0.15) is 5.58 Å². The van der Waals surface area contributed by atoms with E-state index < -0.39 is 0 Å². The normalized spacial score (nSPS) is 23.3. The van der Waals surface area contributed by atoms with Gasteiger partial charge in [0.25, 0.3) is 0 Å². The lowest BCUT2D eigenvalue weighted by Crippen LogP contribution is -2.26. The summed E-state index contributed by atoms with van der Waals surface area (Å²) < 4.78 is 5.58. The number of fused-ring (bicyclic) bond motifs is 1. The highest BCUT2D eigenvalue weighted by Gasteiger charge is 2.19. The number of rotatable bonds is 4. The van der Waals surface area contributed by atoms with Gasteiger partial charge in [-0.15, -0.1) is 0 Å². The largest absolute Gasteiger partial charge is 0.444 e. The summed E-state index contributed by atoms with van der Waals surface area (Å²) in [5.74, 6) is 1.70. The van der Waals surface area contributed by atoms with Gasteiger partial charge in [0.15, 0.2) is 5.22 Å². The van der Waals surface area contributed by atoms with Crippen molar-refractivity contribution in [1.29, 1.82) is 0 Å². The van der Waals surface area contributed by atoms with Gasteiger partial charge in [-0.1, -0.05) is 38.0 Å². The van der Waals surface area contributed by atoms with Crippen LogP contribution in [0.15, 0.2) is 28.7 Å². The van der Waals surface area contributed by atoms with E-state index in [1.54, 1.807) is 0 Å². The maximum Gasteiger partial charge on any atom is 0.199 e. The lowest BCUT2D eigenvalue weighted by Gasteiger charge is -2.26. The second kappa shape index (κ2) is 6.19. The highest BCUT2D eigenvalue weighted by molar-refractivity contribution is 6.30. The van der Waals surface area contributed by atoms with Crippen molar-refractivity contribution < 1.29 is 4.42 Å². The number of nitrogens with one attached hydrogen (secondary N) is 1. The van der Waals surface area contributed by atoms with Crippen molar-refractivity contribution in [2.24, 2.45) is 11.8 Å². The van der Waals surface area contributed by atoms with Gasteiger partial charge >= 0.3 is 0 Å². The minimum Gasteiger partial charge on any atom is -0.444 e. The maximum absolute atomic E-state index is 6.21. The first-order valence-electron chi connectivity index (χ1n) is 7.60. The Balaban J connectivity index is 1.61. The molecule has 2 nitrogen and oxygen atoms in total. The first-order valence-corrected chi connectivity index (χ1v) is 7.98. The summed E-state index contributed by atoms with van der Waals surface area (Å²) in [7, 11) is 0. The summed E-state index contributed by atoms with van der Waals surface area (Å²) in [6, 6.07) is 8.04. The predicted octanol–water partition coefficient (Wildman–Crippen LogP) is 5.00. The van der Waals surface area contributed by atoms with Gasteiger partial charge in [-0.05, 0) is 48.9 Å². The van der Waals surface area contributed by atoms with Crippen molar-refractivity contribution in [3.05, 3.63) is 35.0 Å². The molecule has 2 aromatic rings. The van der Waals surface area contributed by atoms with Crippen LogP contribution in [0, 0.1) is 11.8 Å². The van der Waals surface area contributed by atoms with E-state index in [0.717, 1.165) is 41.5 Å². The van der Waals surface area contributed by atoms with Crippen molar-refractivity contribution in [1.82, 2.24) is 5.32 Å². The summed E-state index contributed by atoms with van der Waals surface area (Å²) >= 11 is 6.21. The molecule has 1 aliphatic rings. The molecule has 108 valence electrons. The Kier molecular flexibility index (Phi) is 4.32. The Hall–Kier alpha value is -0.990. The SMILES string of the molecule is CC1CCCC(CNCc2c(Cl)oc3ccccc23)C1. The molecule has 0 aliphatic heterocycles.